The Bertz CT molecular complexity index is 1290. The predicted octanol–water partition coefficient (Wildman–Crippen LogP) is 3.47. The summed E-state index contributed by atoms with van der Waals surface area (Å²) in [5.41, 5.74) is 2.49. The highest BCUT2D eigenvalue weighted by atomic mass is 32.2. The third-order valence-electron chi connectivity index (χ3n) is 5.49. The molecule has 0 bridgehead atoms. The number of aliphatic imine (C=N–C) groups is 1. The van der Waals surface area contributed by atoms with Crippen molar-refractivity contribution in [3.05, 3.63) is 72.1 Å². The zero-order valence-corrected chi connectivity index (χ0v) is 18.2. The van der Waals surface area contributed by atoms with E-state index < -0.39 is 10.0 Å². The lowest BCUT2D eigenvalue weighted by Crippen LogP contribution is -2.29. The van der Waals surface area contributed by atoms with E-state index in [0.717, 1.165) is 30.6 Å². The van der Waals surface area contributed by atoms with Crippen LogP contribution in [-0.2, 0) is 10.0 Å². The third-order valence-corrected chi connectivity index (χ3v) is 6.86. The van der Waals surface area contributed by atoms with Crippen molar-refractivity contribution in [3.8, 4) is 5.69 Å². The fourth-order valence-electron chi connectivity index (χ4n) is 3.68. The first-order valence-electron chi connectivity index (χ1n) is 10.6. The van der Waals surface area contributed by atoms with Crippen LogP contribution in [0.15, 0.2) is 70.6 Å². The van der Waals surface area contributed by atoms with Gasteiger partial charge in [-0.15, -0.1) is 0 Å². The number of anilines is 1. The molecular weight excluding hydrogens is 426 g/mol. The average Bonchev–Trinajstić information content (AvgIpc) is 3.34. The molecule has 0 atom stereocenters. The van der Waals surface area contributed by atoms with Crippen molar-refractivity contribution in [1.82, 2.24) is 14.5 Å². The van der Waals surface area contributed by atoms with Gasteiger partial charge >= 0.3 is 0 Å². The van der Waals surface area contributed by atoms with E-state index in [1.165, 1.54) is 12.1 Å². The van der Waals surface area contributed by atoms with E-state index in [-0.39, 0.29) is 10.8 Å². The van der Waals surface area contributed by atoms with Gasteiger partial charge in [0, 0.05) is 24.6 Å². The second kappa shape index (κ2) is 8.23. The standard InChI is InChI=1S/C23H23N5O3S/c29-23(21-15-20(16-11-12-16)26-28(21)18-7-2-1-3-8-18)25-17-6-4-9-19(14-17)32(30,31)27-22-10-5-13-24-22/h1-4,6-9,14-16H,5,10-13H2,(H,24,27)(H,25,29). The summed E-state index contributed by atoms with van der Waals surface area (Å²) < 4.78 is 29.6. The van der Waals surface area contributed by atoms with Gasteiger partial charge in [-0.25, -0.2) is 13.1 Å². The first-order valence-corrected chi connectivity index (χ1v) is 12.1. The van der Waals surface area contributed by atoms with E-state index in [9.17, 15) is 13.2 Å². The van der Waals surface area contributed by atoms with Crippen molar-refractivity contribution in [3.63, 3.8) is 0 Å². The summed E-state index contributed by atoms with van der Waals surface area (Å²) in [7, 11) is -3.77. The van der Waals surface area contributed by atoms with Gasteiger partial charge in [-0.1, -0.05) is 24.3 Å². The van der Waals surface area contributed by atoms with E-state index in [1.54, 1.807) is 16.8 Å². The lowest BCUT2D eigenvalue weighted by molar-refractivity contribution is 0.101. The van der Waals surface area contributed by atoms with Gasteiger partial charge in [0.05, 0.1) is 16.3 Å². The molecule has 2 heterocycles. The molecule has 1 aliphatic heterocycles. The van der Waals surface area contributed by atoms with E-state index in [0.29, 0.717) is 36.1 Å². The second-order valence-corrected chi connectivity index (χ2v) is 9.68. The molecule has 0 radical (unpaired) electrons. The van der Waals surface area contributed by atoms with Crippen LogP contribution < -0.4 is 10.0 Å². The minimum absolute atomic E-state index is 0.0696. The van der Waals surface area contributed by atoms with Crippen LogP contribution in [0.4, 0.5) is 5.69 Å². The molecule has 3 aromatic rings. The molecule has 1 fully saturated rings. The van der Waals surface area contributed by atoms with Gasteiger partial charge in [0.15, 0.2) is 0 Å². The molecule has 1 aromatic heterocycles. The molecule has 9 heteroatoms. The molecule has 0 saturated heterocycles. The van der Waals surface area contributed by atoms with Crippen LogP contribution in [0.1, 0.15) is 47.8 Å². The van der Waals surface area contributed by atoms with Crippen molar-refractivity contribution >= 4 is 27.5 Å². The SMILES string of the molecule is O=C(Nc1cccc(S(=O)(=O)NC2=NCCC2)c1)c1cc(C2CC2)nn1-c1ccccc1. The summed E-state index contributed by atoms with van der Waals surface area (Å²) in [4.78, 5) is 17.4. The zero-order valence-electron chi connectivity index (χ0n) is 17.4. The van der Waals surface area contributed by atoms with Gasteiger partial charge in [0.25, 0.3) is 15.9 Å². The number of hydrogen-bond acceptors (Lipinski definition) is 5. The summed E-state index contributed by atoms with van der Waals surface area (Å²) in [6.45, 7) is 0.631. The first kappa shape index (κ1) is 20.4. The molecule has 0 spiro atoms. The molecule has 1 saturated carbocycles. The van der Waals surface area contributed by atoms with Crippen LogP contribution in [0.5, 0.6) is 0 Å². The Morgan fingerprint density at radius 2 is 1.84 bits per heavy atom. The molecule has 0 unspecified atom stereocenters. The van der Waals surface area contributed by atoms with Crippen molar-refractivity contribution < 1.29 is 13.2 Å². The number of aromatic nitrogens is 2. The zero-order chi connectivity index (χ0) is 22.1. The second-order valence-electron chi connectivity index (χ2n) is 8.00. The van der Waals surface area contributed by atoms with Crippen molar-refractivity contribution in [1.29, 1.82) is 0 Å². The smallest absolute Gasteiger partial charge is 0.274 e. The first-order chi connectivity index (χ1) is 15.5. The molecular formula is C23H23N5O3S. The minimum atomic E-state index is -3.77. The van der Waals surface area contributed by atoms with Crippen LogP contribution >= 0.6 is 0 Å². The van der Waals surface area contributed by atoms with Gasteiger partial charge in [0.1, 0.15) is 11.5 Å². The fourth-order valence-corrected chi connectivity index (χ4v) is 4.81. The maximum Gasteiger partial charge on any atom is 0.274 e. The quantitative estimate of drug-likeness (QED) is 0.601. The number of carbonyl (C=O) groups is 1. The molecule has 2 N–H and O–H groups in total. The van der Waals surface area contributed by atoms with Crippen molar-refractivity contribution in [2.24, 2.45) is 4.99 Å². The molecule has 2 aliphatic rings. The van der Waals surface area contributed by atoms with Crippen LogP contribution in [0.3, 0.4) is 0 Å². The topological polar surface area (TPSA) is 105 Å². The highest BCUT2D eigenvalue weighted by Gasteiger charge is 2.29. The number of carbonyl (C=O) groups excluding carboxylic acids is 1. The number of amides is 1. The molecule has 2 aromatic carbocycles. The number of para-hydroxylation sites is 1. The predicted molar refractivity (Wildman–Crippen MR) is 122 cm³/mol. The molecule has 1 amide bonds. The van der Waals surface area contributed by atoms with Crippen LogP contribution in [0, 0.1) is 0 Å². The number of amidine groups is 1. The van der Waals surface area contributed by atoms with E-state index in [4.69, 9.17) is 0 Å². The van der Waals surface area contributed by atoms with Gasteiger partial charge in [-0.3, -0.25) is 14.5 Å². The minimum Gasteiger partial charge on any atom is -0.321 e. The Labute approximate surface area is 186 Å². The van der Waals surface area contributed by atoms with Crippen LogP contribution in [-0.4, -0.2) is 36.5 Å². The fraction of sp³-hybridized carbons (Fsp3) is 0.261. The number of nitrogens with zero attached hydrogens (tertiary/aromatic N) is 3. The van der Waals surface area contributed by atoms with Gasteiger partial charge < -0.3 is 5.32 Å². The summed E-state index contributed by atoms with van der Waals surface area (Å²) >= 11 is 0. The molecule has 1 aliphatic carbocycles. The third kappa shape index (κ3) is 4.29. The van der Waals surface area contributed by atoms with Crippen molar-refractivity contribution in [2.75, 3.05) is 11.9 Å². The average molecular weight is 450 g/mol. The summed E-state index contributed by atoms with van der Waals surface area (Å²) in [6, 6.07) is 17.5. The monoisotopic (exact) mass is 449 g/mol. The number of nitrogens with one attached hydrogen (secondary N) is 2. The largest absolute Gasteiger partial charge is 0.321 e. The van der Waals surface area contributed by atoms with E-state index in [1.807, 2.05) is 36.4 Å². The highest BCUT2D eigenvalue weighted by molar-refractivity contribution is 7.90. The Kier molecular flexibility index (Phi) is 5.26. The summed E-state index contributed by atoms with van der Waals surface area (Å²) in [5, 5.41) is 7.48. The summed E-state index contributed by atoms with van der Waals surface area (Å²) in [5.74, 6) is 0.513. The number of hydrogen-bond donors (Lipinski definition) is 2. The van der Waals surface area contributed by atoms with Gasteiger partial charge in [-0.05, 0) is 55.7 Å². The van der Waals surface area contributed by atoms with Crippen LogP contribution in [0.2, 0.25) is 0 Å². The molecule has 32 heavy (non-hydrogen) atoms. The molecule has 8 nitrogen and oxygen atoms in total. The lowest BCUT2D eigenvalue weighted by atomic mass is 10.2. The highest BCUT2D eigenvalue weighted by Crippen LogP contribution is 2.39. The Hall–Kier alpha value is -3.46. The van der Waals surface area contributed by atoms with E-state index in [2.05, 4.69) is 20.1 Å². The molecule has 5 rings (SSSR count). The number of benzene rings is 2. The number of rotatable bonds is 6. The number of sulfonamides is 1. The maximum atomic E-state index is 13.1. The Morgan fingerprint density at radius 1 is 1.03 bits per heavy atom. The van der Waals surface area contributed by atoms with Crippen LogP contribution in [0.25, 0.3) is 5.69 Å². The van der Waals surface area contributed by atoms with Gasteiger partial charge in [-0.2, -0.15) is 5.10 Å². The lowest BCUT2D eigenvalue weighted by Gasteiger charge is -2.11. The Morgan fingerprint density at radius 3 is 2.56 bits per heavy atom. The normalized spacial score (nSPS) is 15.9. The maximum absolute atomic E-state index is 13.1. The van der Waals surface area contributed by atoms with Gasteiger partial charge in [0.2, 0.25) is 0 Å². The van der Waals surface area contributed by atoms with Crippen molar-refractivity contribution in [2.45, 2.75) is 36.5 Å². The Balaban J connectivity index is 1.40. The van der Waals surface area contributed by atoms with E-state index >= 15 is 0 Å². The summed E-state index contributed by atoms with van der Waals surface area (Å²) in [6.07, 6.45) is 3.60. The molecule has 164 valence electrons.